The zero-order valence-corrected chi connectivity index (χ0v) is 21.7. The molecule has 9 heteroatoms. The Morgan fingerprint density at radius 2 is 1.90 bits per heavy atom. The molecule has 1 aromatic heterocycles. The fourth-order valence-corrected chi connectivity index (χ4v) is 6.57. The zero-order chi connectivity index (χ0) is 26.7. The fraction of sp³-hybridized carbons (Fsp3) is 0.433. The molecule has 9 nitrogen and oxygen atoms in total. The highest BCUT2D eigenvalue weighted by Crippen LogP contribution is 2.46. The van der Waals surface area contributed by atoms with Crippen LogP contribution >= 0.6 is 0 Å². The quantitative estimate of drug-likeness (QED) is 0.497. The molecule has 1 aliphatic carbocycles. The molecule has 1 unspecified atom stereocenters. The summed E-state index contributed by atoms with van der Waals surface area (Å²) in [6.07, 6.45) is 9.44. The first-order valence-electron chi connectivity index (χ1n) is 13.8. The molecule has 3 fully saturated rings. The number of nitrogens with zero attached hydrogens (tertiary/aromatic N) is 5. The number of hydrogen-bond donors (Lipinski definition) is 1. The fourth-order valence-electron chi connectivity index (χ4n) is 6.57. The van der Waals surface area contributed by atoms with Gasteiger partial charge in [-0.2, -0.15) is 10.4 Å². The largest absolute Gasteiger partial charge is 0.302 e. The van der Waals surface area contributed by atoms with Crippen LogP contribution < -0.4 is 10.2 Å². The minimum absolute atomic E-state index is 0.0884. The van der Waals surface area contributed by atoms with Crippen molar-refractivity contribution in [2.75, 3.05) is 24.5 Å². The Bertz CT molecular complexity index is 1560. The summed E-state index contributed by atoms with van der Waals surface area (Å²) in [5.74, 6) is -0.901. The third kappa shape index (κ3) is 4.10. The Morgan fingerprint density at radius 1 is 1.08 bits per heavy atom. The van der Waals surface area contributed by atoms with E-state index in [1.54, 1.807) is 4.90 Å². The highest BCUT2D eigenvalue weighted by molar-refractivity contribution is 6.27. The lowest BCUT2D eigenvalue weighted by atomic mass is 9.97. The van der Waals surface area contributed by atoms with Crippen LogP contribution in [0.1, 0.15) is 66.1 Å². The van der Waals surface area contributed by atoms with Gasteiger partial charge in [0.15, 0.2) is 0 Å². The van der Waals surface area contributed by atoms with Crippen molar-refractivity contribution in [2.24, 2.45) is 5.41 Å². The molecule has 2 aromatic carbocycles. The molecule has 0 bridgehead atoms. The highest BCUT2D eigenvalue weighted by Gasteiger charge is 2.45. The summed E-state index contributed by atoms with van der Waals surface area (Å²) in [7, 11) is 0. The van der Waals surface area contributed by atoms with Crippen LogP contribution in [0.4, 0.5) is 5.69 Å². The van der Waals surface area contributed by atoms with E-state index < -0.39 is 11.9 Å². The molecule has 4 heterocycles. The standard InChI is InChI=1S/C30H30N6O3/c31-17-30(10-11-30)18-34-12-8-21(9-13-34)35-16-19(15-32-35)14-20-4-5-24-27-22(20)2-1-3-23(27)29(39)36(24)25-6-7-26(37)33-28(25)38/h1-5,15-16,21,25H,6-14,18H2,(H,33,37,38). The second-order valence-corrected chi connectivity index (χ2v) is 11.5. The summed E-state index contributed by atoms with van der Waals surface area (Å²) in [5, 5.41) is 18.4. The van der Waals surface area contributed by atoms with E-state index in [1.165, 1.54) is 0 Å². The maximum atomic E-state index is 13.4. The van der Waals surface area contributed by atoms with Gasteiger partial charge in [0, 0.05) is 49.6 Å². The number of amides is 3. The van der Waals surface area contributed by atoms with Gasteiger partial charge >= 0.3 is 0 Å². The summed E-state index contributed by atoms with van der Waals surface area (Å²) in [5.41, 5.74) is 3.46. The number of imide groups is 1. The highest BCUT2D eigenvalue weighted by atomic mass is 16.2. The first-order valence-corrected chi connectivity index (χ1v) is 13.8. The minimum atomic E-state index is -0.684. The third-order valence-electron chi connectivity index (χ3n) is 8.94. The molecule has 7 rings (SSSR count). The number of carbonyl (C=O) groups is 3. The molecular weight excluding hydrogens is 492 g/mol. The van der Waals surface area contributed by atoms with Crippen LogP contribution in [0, 0.1) is 16.7 Å². The van der Waals surface area contributed by atoms with Gasteiger partial charge in [0.2, 0.25) is 11.8 Å². The molecule has 1 atom stereocenters. The van der Waals surface area contributed by atoms with Crippen molar-refractivity contribution in [3.8, 4) is 6.07 Å². The third-order valence-corrected chi connectivity index (χ3v) is 8.94. The predicted molar refractivity (Wildman–Crippen MR) is 144 cm³/mol. The van der Waals surface area contributed by atoms with Crippen LogP contribution in [0.2, 0.25) is 0 Å². The Labute approximate surface area is 226 Å². The van der Waals surface area contributed by atoms with E-state index >= 15 is 0 Å². The van der Waals surface area contributed by atoms with Gasteiger partial charge in [0.1, 0.15) is 6.04 Å². The van der Waals surface area contributed by atoms with Crippen molar-refractivity contribution in [2.45, 2.75) is 57.0 Å². The van der Waals surface area contributed by atoms with Gasteiger partial charge < -0.3 is 4.90 Å². The van der Waals surface area contributed by atoms with E-state index in [0.717, 1.165) is 72.9 Å². The second kappa shape index (κ2) is 9.02. The number of nitrogens with one attached hydrogen (secondary N) is 1. The van der Waals surface area contributed by atoms with Crippen LogP contribution in [0.3, 0.4) is 0 Å². The normalized spacial score (nSPS) is 22.8. The van der Waals surface area contributed by atoms with E-state index in [9.17, 15) is 19.6 Å². The number of hydrogen-bond acceptors (Lipinski definition) is 6. The summed E-state index contributed by atoms with van der Waals surface area (Å²) in [6.45, 7) is 2.89. The first kappa shape index (κ1) is 24.0. The average molecular weight is 523 g/mol. The van der Waals surface area contributed by atoms with Gasteiger partial charge in [-0.1, -0.05) is 18.2 Å². The van der Waals surface area contributed by atoms with E-state index in [1.807, 2.05) is 36.5 Å². The van der Waals surface area contributed by atoms with E-state index in [-0.39, 0.29) is 23.7 Å². The SMILES string of the molecule is N#CC1(CN2CCC(n3cc(Cc4ccc5c6c(cccc46)C(=O)N5C4CCC(=O)NC4=O)cn3)CC2)CC1. The molecule has 1 N–H and O–H groups in total. The van der Waals surface area contributed by atoms with Crippen LogP contribution in [-0.2, 0) is 16.0 Å². The molecule has 39 heavy (non-hydrogen) atoms. The number of aromatic nitrogens is 2. The van der Waals surface area contributed by atoms with Crippen LogP contribution in [0.15, 0.2) is 42.7 Å². The zero-order valence-electron chi connectivity index (χ0n) is 21.7. The Morgan fingerprint density at radius 3 is 2.64 bits per heavy atom. The lowest BCUT2D eigenvalue weighted by Gasteiger charge is -2.33. The van der Waals surface area contributed by atoms with E-state index in [4.69, 9.17) is 5.10 Å². The number of rotatable bonds is 6. The van der Waals surface area contributed by atoms with Gasteiger partial charge in [0.05, 0.1) is 29.4 Å². The maximum absolute atomic E-state index is 13.4. The summed E-state index contributed by atoms with van der Waals surface area (Å²) < 4.78 is 2.10. The average Bonchev–Trinajstić information content (AvgIpc) is 3.46. The van der Waals surface area contributed by atoms with Gasteiger partial charge in [0.25, 0.3) is 5.91 Å². The van der Waals surface area contributed by atoms with Crippen molar-refractivity contribution in [1.29, 1.82) is 5.26 Å². The van der Waals surface area contributed by atoms with Gasteiger partial charge in [-0.15, -0.1) is 0 Å². The summed E-state index contributed by atoms with van der Waals surface area (Å²) >= 11 is 0. The molecular formula is C30H30N6O3. The molecule has 4 aliphatic rings. The molecule has 1 saturated carbocycles. The number of carbonyl (C=O) groups excluding carboxylic acids is 3. The monoisotopic (exact) mass is 522 g/mol. The number of piperidine rings is 2. The van der Waals surface area contributed by atoms with Crippen molar-refractivity contribution in [3.05, 3.63) is 59.4 Å². The lowest BCUT2D eigenvalue weighted by Crippen LogP contribution is -2.53. The van der Waals surface area contributed by atoms with Crippen molar-refractivity contribution in [1.82, 2.24) is 20.0 Å². The van der Waals surface area contributed by atoms with Gasteiger partial charge in [-0.3, -0.25) is 29.3 Å². The molecule has 0 spiro atoms. The topological polar surface area (TPSA) is 111 Å². The number of likely N-dealkylation sites (tertiary alicyclic amines) is 1. The van der Waals surface area contributed by atoms with E-state index in [0.29, 0.717) is 24.4 Å². The Balaban J connectivity index is 1.09. The smallest absolute Gasteiger partial charge is 0.259 e. The van der Waals surface area contributed by atoms with Crippen molar-refractivity contribution < 1.29 is 14.4 Å². The Hall–Kier alpha value is -4.03. The van der Waals surface area contributed by atoms with Crippen molar-refractivity contribution >= 4 is 34.2 Å². The predicted octanol–water partition coefficient (Wildman–Crippen LogP) is 3.33. The number of anilines is 1. The number of benzene rings is 2. The summed E-state index contributed by atoms with van der Waals surface area (Å²) in [4.78, 5) is 41.7. The maximum Gasteiger partial charge on any atom is 0.259 e. The molecule has 0 radical (unpaired) electrons. The molecule has 198 valence electrons. The van der Waals surface area contributed by atoms with Gasteiger partial charge in [-0.25, -0.2) is 0 Å². The van der Waals surface area contributed by atoms with Gasteiger partial charge in [-0.05, 0) is 60.7 Å². The second-order valence-electron chi connectivity index (χ2n) is 11.5. The summed E-state index contributed by atoms with van der Waals surface area (Å²) in [6, 6.07) is 11.9. The lowest BCUT2D eigenvalue weighted by molar-refractivity contribution is -0.134. The van der Waals surface area contributed by atoms with Crippen molar-refractivity contribution in [3.63, 3.8) is 0 Å². The molecule has 3 amide bonds. The number of nitriles is 1. The first-order chi connectivity index (χ1) is 18.9. The molecule has 3 aromatic rings. The molecule has 3 aliphatic heterocycles. The Kier molecular flexibility index (Phi) is 5.56. The minimum Gasteiger partial charge on any atom is -0.302 e. The van der Waals surface area contributed by atoms with Crippen LogP contribution in [-0.4, -0.2) is 58.1 Å². The van der Waals surface area contributed by atoms with E-state index in [2.05, 4.69) is 27.2 Å². The molecule has 2 saturated heterocycles. The van der Waals surface area contributed by atoms with Crippen LogP contribution in [0.25, 0.3) is 10.8 Å². The van der Waals surface area contributed by atoms with Crippen LogP contribution in [0.5, 0.6) is 0 Å².